The fourth-order valence-corrected chi connectivity index (χ4v) is 3.91. The quantitative estimate of drug-likeness (QED) is 0.928. The molecule has 2 saturated heterocycles. The highest BCUT2D eigenvalue weighted by molar-refractivity contribution is 6.33. The summed E-state index contributed by atoms with van der Waals surface area (Å²) < 4.78 is 0. The Labute approximate surface area is 133 Å². The molecule has 1 aromatic carbocycles. The molecular weight excluding hydrogens is 282 g/mol. The minimum absolute atomic E-state index is 0.0382. The van der Waals surface area contributed by atoms with Gasteiger partial charge in [-0.05, 0) is 57.0 Å². The van der Waals surface area contributed by atoms with E-state index in [1.54, 1.807) is 0 Å². The van der Waals surface area contributed by atoms with Gasteiger partial charge in [-0.15, -0.1) is 0 Å². The zero-order valence-corrected chi connectivity index (χ0v) is 13.6. The lowest BCUT2D eigenvalue weighted by Gasteiger charge is -2.32. The van der Waals surface area contributed by atoms with Gasteiger partial charge in [0.25, 0.3) is 0 Å². The molecule has 2 atom stereocenters. The molecule has 2 aliphatic rings. The van der Waals surface area contributed by atoms with Crippen molar-refractivity contribution in [3.8, 4) is 0 Å². The molecular formula is C17H26ClN3. The number of nitrogens with zero attached hydrogens (tertiary/aromatic N) is 2. The standard InChI is InChI=1S/C17H26ClN3/c1-13(19)14-5-6-17(16(18)11-14)21-10-7-15(12-21)20-8-3-2-4-9-20/h5-6,11,13,15H,2-4,7-10,12,19H2,1H3. The second kappa shape index (κ2) is 6.55. The van der Waals surface area contributed by atoms with Crippen LogP contribution in [0.4, 0.5) is 5.69 Å². The molecule has 1 aromatic rings. The van der Waals surface area contributed by atoms with Gasteiger partial charge in [0.05, 0.1) is 10.7 Å². The average Bonchev–Trinajstić information content (AvgIpc) is 2.97. The van der Waals surface area contributed by atoms with Gasteiger partial charge in [0, 0.05) is 25.2 Å². The molecule has 0 bridgehead atoms. The molecule has 0 spiro atoms. The molecule has 0 amide bonds. The minimum Gasteiger partial charge on any atom is -0.369 e. The van der Waals surface area contributed by atoms with Crippen LogP contribution in [0.3, 0.4) is 0 Å². The number of hydrogen-bond donors (Lipinski definition) is 1. The highest BCUT2D eigenvalue weighted by atomic mass is 35.5. The van der Waals surface area contributed by atoms with Crippen LogP contribution in [-0.2, 0) is 0 Å². The van der Waals surface area contributed by atoms with Crippen molar-refractivity contribution in [3.63, 3.8) is 0 Å². The van der Waals surface area contributed by atoms with E-state index >= 15 is 0 Å². The first-order valence-corrected chi connectivity index (χ1v) is 8.57. The van der Waals surface area contributed by atoms with Crippen LogP contribution < -0.4 is 10.6 Å². The van der Waals surface area contributed by atoms with E-state index in [2.05, 4.69) is 21.9 Å². The zero-order chi connectivity index (χ0) is 14.8. The van der Waals surface area contributed by atoms with Crippen molar-refractivity contribution in [1.29, 1.82) is 0 Å². The van der Waals surface area contributed by atoms with Crippen LogP contribution in [-0.4, -0.2) is 37.1 Å². The molecule has 3 rings (SSSR count). The molecule has 116 valence electrons. The zero-order valence-electron chi connectivity index (χ0n) is 12.9. The Morgan fingerprint density at radius 3 is 2.62 bits per heavy atom. The third-order valence-electron chi connectivity index (χ3n) is 4.91. The first-order valence-electron chi connectivity index (χ1n) is 8.19. The summed E-state index contributed by atoms with van der Waals surface area (Å²) in [6, 6.07) is 7.01. The van der Waals surface area contributed by atoms with Gasteiger partial charge >= 0.3 is 0 Å². The lowest BCUT2D eigenvalue weighted by molar-refractivity contribution is 0.175. The number of anilines is 1. The van der Waals surface area contributed by atoms with Gasteiger partial charge in [-0.25, -0.2) is 0 Å². The van der Waals surface area contributed by atoms with Gasteiger partial charge in [0.15, 0.2) is 0 Å². The highest BCUT2D eigenvalue weighted by Gasteiger charge is 2.29. The van der Waals surface area contributed by atoms with Crippen LogP contribution in [0.2, 0.25) is 5.02 Å². The number of hydrogen-bond acceptors (Lipinski definition) is 3. The fourth-order valence-electron chi connectivity index (χ4n) is 3.61. The van der Waals surface area contributed by atoms with E-state index < -0.39 is 0 Å². The van der Waals surface area contributed by atoms with E-state index in [4.69, 9.17) is 17.3 Å². The molecule has 2 fully saturated rings. The van der Waals surface area contributed by atoms with Crippen molar-refractivity contribution >= 4 is 17.3 Å². The maximum Gasteiger partial charge on any atom is 0.0642 e. The number of benzene rings is 1. The van der Waals surface area contributed by atoms with Crippen molar-refractivity contribution in [1.82, 2.24) is 4.90 Å². The summed E-state index contributed by atoms with van der Waals surface area (Å²) >= 11 is 6.48. The van der Waals surface area contributed by atoms with E-state index in [9.17, 15) is 0 Å². The van der Waals surface area contributed by atoms with E-state index in [0.29, 0.717) is 6.04 Å². The van der Waals surface area contributed by atoms with Gasteiger partial charge in [-0.3, -0.25) is 4.90 Å². The molecule has 21 heavy (non-hydrogen) atoms. The second-order valence-electron chi connectivity index (χ2n) is 6.48. The summed E-state index contributed by atoms with van der Waals surface area (Å²) in [6.45, 7) is 6.76. The monoisotopic (exact) mass is 307 g/mol. The summed E-state index contributed by atoms with van der Waals surface area (Å²) in [5, 5.41) is 0.837. The molecule has 0 saturated carbocycles. The Bertz CT molecular complexity index is 483. The van der Waals surface area contributed by atoms with E-state index in [1.165, 1.54) is 44.5 Å². The SMILES string of the molecule is CC(N)c1ccc(N2CCC(N3CCCCC3)C2)c(Cl)c1. The predicted octanol–water partition coefficient (Wildman–Crippen LogP) is 3.42. The van der Waals surface area contributed by atoms with Crippen molar-refractivity contribution in [2.45, 2.75) is 44.7 Å². The van der Waals surface area contributed by atoms with Crippen molar-refractivity contribution < 1.29 is 0 Å². The number of nitrogens with two attached hydrogens (primary N) is 1. The third kappa shape index (κ3) is 3.36. The number of piperidine rings is 1. The molecule has 0 radical (unpaired) electrons. The maximum atomic E-state index is 6.48. The van der Waals surface area contributed by atoms with Gasteiger partial charge in [0.1, 0.15) is 0 Å². The molecule has 0 aliphatic carbocycles. The summed E-state index contributed by atoms with van der Waals surface area (Å²) in [6.07, 6.45) is 5.38. The van der Waals surface area contributed by atoms with Gasteiger partial charge < -0.3 is 10.6 Å². The molecule has 3 nitrogen and oxygen atoms in total. The van der Waals surface area contributed by atoms with Crippen LogP contribution in [0, 0.1) is 0 Å². The summed E-state index contributed by atoms with van der Waals surface area (Å²) in [5.74, 6) is 0. The first kappa shape index (κ1) is 15.1. The molecule has 2 unspecified atom stereocenters. The first-order chi connectivity index (χ1) is 10.1. The largest absolute Gasteiger partial charge is 0.369 e. The lowest BCUT2D eigenvalue weighted by Crippen LogP contribution is -2.40. The Morgan fingerprint density at radius 1 is 1.19 bits per heavy atom. The van der Waals surface area contributed by atoms with Gasteiger partial charge in [0.2, 0.25) is 0 Å². The predicted molar refractivity (Wildman–Crippen MR) is 90.1 cm³/mol. The van der Waals surface area contributed by atoms with E-state index in [-0.39, 0.29) is 6.04 Å². The Hall–Kier alpha value is -0.770. The summed E-state index contributed by atoms with van der Waals surface area (Å²) in [5.41, 5.74) is 8.20. The van der Waals surface area contributed by atoms with Crippen LogP contribution in [0.15, 0.2) is 18.2 Å². The Morgan fingerprint density at radius 2 is 1.95 bits per heavy atom. The summed E-state index contributed by atoms with van der Waals surface area (Å²) in [4.78, 5) is 5.11. The number of rotatable bonds is 3. The third-order valence-corrected chi connectivity index (χ3v) is 5.21. The van der Waals surface area contributed by atoms with Gasteiger partial charge in [-0.1, -0.05) is 24.1 Å². The fraction of sp³-hybridized carbons (Fsp3) is 0.647. The average molecular weight is 308 g/mol. The van der Waals surface area contributed by atoms with Crippen molar-refractivity contribution in [2.75, 3.05) is 31.1 Å². The Kier molecular flexibility index (Phi) is 4.72. The van der Waals surface area contributed by atoms with E-state index in [1.807, 2.05) is 13.0 Å². The number of likely N-dealkylation sites (tertiary alicyclic amines) is 1. The topological polar surface area (TPSA) is 32.5 Å². The van der Waals surface area contributed by atoms with Crippen LogP contribution in [0.25, 0.3) is 0 Å². The smallest absolute Gasteiger partial charge is 0.0642 e. The van der Waals surface area contributed by atoms with E-state index in [0.717, 1.165) is 23.7 Å². The minimum atomic E-state index is 0.0382. The van der Waals surface area contributed by atoms with Crippen LogP contribution >= 0.6 is 11.6 Å². The molecule has 0 aromatic heterocycles. The maximum absolute atomic E-state index is 6.48. The normalized spacial score (nSPS) is 25.3. The molecule has 2 aliphatic heterocycles. The molecule has 2 N–H and O–H groups in total. The number of halogens is 1. The summed E-state index contributed by atoms with van der Waals surface area (Å²) in [7, 11) is 0. The molecule has 4 heteroatoms. The Balaban J connectivity index is 1.68. The van der Waals surface area contributed by atoms with Crippen LogP contribution in [0.1, 0.15) is 44.2 Å². The highest BCUT2D eigenvalue weighted by Crippen LogP contribution is 2.32. The molecule has 2 heterocycles. The van der Waals surface area contributed by atoms with Crippen LogP contribution in [0.5, 0.6) is 0 Å². The lowest BCUT2D eigenvalue weighted by atomic mass is 10.1. The van der Waals surface area contributed by atoms with Gasteiger partial charge in [-0.2, -0.15) is 0 Å². The second-order valence-corrected chi connectivity index (χ2v) is 6.89. The van der Waals surface area contributed by atoms with Crippen molar-refractivity contribution in [3.05, 3.63) is 28.8 Å². The van der Waals surface area contributed by atoms with Crippen molar-refractivity contribution in [2.24, 2.45) is 5.73 Å².